The van der Waals surface area contributed by atoms with Crippen LogP contribution in [-0.2, 0) is 5.67 Å². The van der Waals surface area contributed by atoms with Crippen LogP contribution in [0.25, 0.3) is 0 Å². The van der Waals surface area contributed by atoms with E-state index in [9.17, 15) is 0 Å². The van der Waals surface area contributed by atoms with Crippen molar-refractivity contribution in [3.63, 3.8) is 0 Å². The van der Waals surface area contributed by atoms with Crippen molar-refractivity contribution >= 4 is 11.6 Å². The summed E-state index contributed by atoms with van der Waals surface area (Å²) in [6.45, 7) is 7.30. The van der Waals surface area contributed by atoms with Crippen LogP contribution in [0.4, 0.5) is 4.39 Å². The summed E-state index contributed by atoms with van der Waals surface area (Å²) in [4.78, 5) is 2.43. The quantitative estimate of drug-likeness (QED) is 0.917. The number of benzene rings is 1. The predicted octanol–water partition coefficient (Wildman–Crippen LogP) is 3.60. The van der Waals surface area contributed by atoms with Gasteiger partial charge in [0.2, 0.25) is 0 Å². The molecule has 0 bridgehead atoms. The van der Waals surface area contributed by atoms with Crippen LogP contribution in [-0.4, -0.2) is 37.6 Å². The molecule has 0 aliphatic carbocycles. The molecule has 1 unspecified atom stereocenters. The number of piperidine rings is 1. The average molecular weight is 311 g/mol. The minimum Gasteiger partial charge on any atom is -0.316 e. The number of nitrogens with zero attached hydrogens (tertiary/aromatic N) is 1. The summed E-state index contributed by atoms with van der Waals surface area (Å²) >= 11 is 5.89. The van der Waals surface area contributed by atoms with Crippen molar-refractivity contribution in [3.8, 4) is 0 Å². The van der Waals surface area contributed by atoms with Crippen LogP contribution < -0.4 is 5.32 Å². The SMILES string of the molecule is CC1(CN2CCC(F)(c3ccc(Cl)cc3)CC2)CCNC1. The summed E-state index contributed by atoms with van der Waals surface area (Å²) in [5.74, 6) is 0. The number of hydrogen-bond donors (Lipinski definition) is 1. The largest absolute Gasteiger partial charge is 0.316 e. The van der Waals surface area contributed by atoms with Gasteiger partial charge in [0.05, 0.1) is 0 Å². The summed E-state index contributed by atoms with van der Waals surface area (Å²) in [6, 6.07) is 7.24. The Balaban J connectivity index is 1.60. The van der Waals surface area contributed by atoms with Crippen LogP contribution in [0.1, 0.15) is 31.7 Å². The third-order valence-electron chi connectivity index (χ3n) is 5.07. The van der Waals surface area contributed by atoms with Gasteiger partial charge in [-0.3, -0.25) is 0 Å². The van der Waals surface area contributed by atoms with Gasteiger partial charge in [-0.15, -0.1) is 0 Å². The second-order valence-electron chi connectivity index (χ2n) is 6.99. The fourth-order valence-corrected chi connectivity index (χ4v) is 3.77. The minimum absolute atomic E-state index is 0.358. The van der Waals surface area contributed by atoms with Gasteiger partial charge in [-0.25, -0.2) is 4.39 Å². The molecule has 0 saturated carbocycles. The lowest BCUT2D eigenvalue weighted by Crippen LogP contribution is -2.45. The Labute approximate surface area is 131 Å². The van der Waals surface area contributed by atoms with Gasteiger partial charge >= 0.3 is 0 Å². The van der Waals surface area contributed by atoms with E-state index in [2.05, 4.69) is 17.1 Å². The van der Waals surface area contributed by atoms with Crippen LogP contribution in [0.5, 0.6) is 0 Å². The monoisotopic (exact) mass is 310 g/mol. The molecule has 1 N–H and O–H groups in total. The summed E-state index contributed by atoms with van der Waals surface area (Å²) in [6.07, 6.45) is 2.39. The first-order chi connectivity index (χ1) is 9.99. The van der Waals surface area contributed by atoms with E-state index >= 15 is 4.39 Å². The zero-order chi connectivity index (χ0) is 14.9. The minimum atomic E-state index is -1.18. The van der Waals surface area contributed by atoms with Gasteiger partial charge in [-0.2, -0.15) is 0 Å². The molecule has 1 atom stereocenters. The van der Waals surface area contributed by atoms with Crippen LogP contribution in [0.3, 0.4) is 0 Å². The Bertz CT molecular complexity index is 474. The first kappa shape index (κ1) is 15.3. The maximum absolute atomic E-state index is 15.1. The van der Waals surface area contributed by atoms with E-state index in [1.165, 1.54) is 6.42 Å². The van der Waals surface area contributed by atoms with E-state index in [-0.39, 0.29) is 0 Å². The molecular formula is C17H24ClFN2. The Morgan fingerprint density at radius 3 is 2.43 bits per heavy atom. The zero-order valence-corrected chi connectivity index (χ0v) is 13.4. The second-order valence-corrected chi connectivity index (χ2v) is 7.42. The van der Waals surface area contributed by atoms with E-state index in [0.717, 1.165) is 38.3 Å². The number of halogens is 2. The molecule has 2 nitrogen and oxygen atoms in total. The molecule has 2 fully saturated rings. The number of rotatable bonds is 3. The van der Waals surface area contributed by atoms with Gasteiger partial charge in [0, 0.05) is 31.2 Å². The van der Waals surface area contributed by atoms with Gasteiger partial charge in [0.1, 0.15) is 5.67 Å². The molecule has 0 radical (unpaired) electrons. The number of alkyl halides is 1. The smallest absolute Gasteiger partial charge is 0.138 e. The van der Waals surface area contributed by atoms with Crippen molar-refractivity contribution in [3.05, 3.63) is 34.9 Å². The summed E-state index contributed by atoms with van der Waals surface area (Å²) in [5.41, 5.74) is -0.0488. The highest BCUT2D eigenvalue weighted by Gasteiger charge is 2.38. The van der Waals surface area contributed by atoms with E-state index in [0.29, 0.717) is 23.3 Å². The van der Waals surface area contributed by atoms with Gasteiger partial charge in [0.15, 0.2) is 0 Å². The van der Waals surface area contributed by atoms with Crippen LogP contribution >= 0.6 is 11.6 Å². The molecule has 3 rings (SSSR count). The third kappa shape index (κ3) is 3.41. The maximum Gasteiger partial charge on any atom is 0.138 e. The zero-order valence-electron chi connectivity index (χ0n) is 12.7. The summed E-state index contributed by atoms with van der Waals surface area (Å²) in [7, 11) is 0. The standard InChI is InChI=1S/C17H24ClFN2/c1-16(6-9-20-12-16)13-21-10-7-17(19,8-11-21)14-2-4-15(18)5-3-14/h2-5,20H,6-13H2,1H3. The van der Waals surface area contributed by atoms with Crippen molar-refractivity contribution in [2.75, 3.05) is 32.7 Å². The molecule has 4 heteroatoms. The molecular weight excluding hydrogens is 287 g/mol. The van der Waals surface area contributed by atoms with Crippen molar-refractivity contribution in [2.24, 2.45) is 5.41 Å². The van der Waals surface area contributed by atoms with Crippen molar-refractivity contribution in [1.29, 1.82) is 0 Å². The molecule has 0 spiro atoms. The first-order valence-corrected chi connectivity index (χ1v) is 8.25. The fourth-order valence-electron chi connectivity index (χ4n) is 3.65. The lowest BCUT2D eigenvalue weighted by molar-refractivity contribution is 0.0393. The number of nitrogens with one attached hydrogen (secondary N) is 1. The highest BCUT2D eigenvalue weighted by molar-refractivity contribution is 6.30. The predicted molar refractivity (Wildman–Crippen MR) is 85.5 cm³/mol. The fraction of sp³-hybridized carbons (Fsp3) is 0.647. The van der Waals surface area contributed by atoms with Gasteiger partial charge in [-0.1, -0.05) is 30.7 Å². The van der Waals surface area contributed by atoms with E-state index in [4.69, 9.17) is 11.6 Å². The van der Waals surface area contributed by atoms with Crippen molar-refractivity contribution < 1.29 is 4.39 Å². The molecule has 1 aromatic carbocycles. The highest BCUT2D eigenvalue weighted by atomic mass is 35.5. The van der Waals surface area contributed by atoms with Gasteiger partial charge in [0.25, 0.3) is 0 Å². The van der Waals surface area contributed by atoms with Crippen LogP contribution in [0, 0.1) is 5.41 Å². The van der Waals surface area contributed by atoms with Gasteiger partial charge < -0.3 is 10.2 Å². The molecule has 21 heavy (non-hydrogen) atoms. The summed E-state index contributed by atoms with van der Waals surface area (Å²) in [5, 5.41) is 4.10. The molecule has 2 saturated heterocycles. The lowest BCUT2D eigenvalue weighted by Gasteiger charge is -2.40. The molecule has 2 aliphatic heterocycles. The van der Waals surface area contributed by atoms with Crippen molar-refractivity contribution in [1.82, 2.24) is 10.2 Å². The van der Waals surface area contributed by atoms with E-state index in [1.807, 2.05) is 12.1 Å². The van der Waals surface area contributed by atoms with E-state index < -0.39 is 5.67 Å². The molecule has 0 amide bonds. The highest BCUT2D eigenvalue weighted by Crippen LogP contribution is 2.38. The summed E-state index contributed by atoms with van der Waals surface area (Å²) < 4.78 is 15.1. The van der Waals surface area contributed by atoms with E-state index in [1.54, 1.807) is 12.1 Å². The lowest BCUT2D eigenvalue weighted by atomic mass is 9.84. The molecule has 116 valence electrons. The Morgan fingerprint density at radius 2 is 1.86 bits per heavy atom. The molecule has 1 aromatic rings. The Morgan fingerprint density at radius 1 is 1.19 bits per heavy atom. The second kappa shape index (κ2) is 5.86. The number of likely N-dealkylation sites (tertiary alicyclic amines) is 1. The topological polar surface area (TPSA) is 15.3 Å². The molecule has 2 aliphatic rings. The van der Waals surface area contributed by atoms with Crippen molar-refractivity contribution in [2.45, 2.75) is 31.9 Å². The van der Waals surface area contributed by atoms with Crippen LogP contribution in [0.15, 0.2) is 24.3 Å². The number of hydrogen-bond acceptors (Lipinski definition) is 2. The maximum atomic E-state index is 15.1. The first-order valence-electron chi connectivity index (χ1n) is 7.87. The Kier molecular flexibility index (Phi) is 4.26. The Hall–Kier alpha value is -0.640. The van der Waals surface area contributed by atoms with Crippen LogP contribution in [0.2, 0.25) is 5.02 Å². The molecule has 2 heterocycles. The third-order valence-corrected chi connectivity index (χ3v) is 5.32. The normalized spacial score (nSPS) is 29.7. The van der Waals surface area contributed by atoms with Gasteiger partial charge in [-0.05, 0) is 48.9 Å². The molecule has 0 aromatic heterocycles. The average Bonchev–Trinajstić information content (AvgIpc) is 2.89.